The van der Waals surface area contributed by atoms with Crippen LogP contribution in [0.25, 0.3) is 0 Å². The zero-order valence-corrected chi connectivity index (χ0v) is 20.9. The molecule has 0 atom stereocenters. The highest BCUT2D eigenvalue weighted by atomic mass is 16.5. The van der Waals surface area contributed by atoms with Crippen molar-refractivity contribution in [1.29, 1.82) is 5.26 Å². The number of nitrogens with one attached hydrogen (secondary N) is 2. The van der Waals surface area contributed by atoms with Crippen LogP contribution in [0.1, 0.15) is 34.0 Å². The van der Waals surface area contributed by atoms with E-state index in [-0.39, 0.29) is 5.91 Å². The summed E-state index contributed by atoms with van der Waals surface area (Å²) < 4.78 is 16.4. The minimum absolute atomic E-state index is 0.200. The molecule has 2 N–H and O–H groups in total. The number of benzene rings is 3. The molecule has 0 aliphatic heterocycles. The predicted molar refractivity (Wildman–Crippen MR) is 138 cm³/mol. The number of amides is 2. The van der Waals surface area contributed by atoms with Crippen LogP contribution in [0.15, 0.2) is 72.8 Å². The Morgan fingerprint density at radius 3 is 1.81 bits per heavy atom. The molecule has 3 aromatic carbocycles. The van der Waals surface area contributed by atoms with Crippen LogP contribution in [-0.4, -0.2) is 44.0 Å². The van der Waals surface area contributed by atoms with Crippen LogP contribution in [0.4, 0.5) is 4.79 Å². The number of alkyl carbamates (subject to hydrolysis) is 1. The van der Waals surface area contributed by atoms with Crippen molar-refractivity contribution in [3.63, 3.8) is 0 Å². The van der Waals surface area contributed by atoms with Crippen molar-refractivity contribution in [2.45, 2.75) is 20.0 Å². The van der Waals surface area contributed by atoms with E-state index in [1.165, 1.54) is 0 Å². The maximum Gasteiger partial charge on any atom is 0.407 e. The fourth-order valence-electron chi connectivity index (χ4n) is 3.15. The van der Waals surface area contributed by atoms with E-state index in [0.717, 1.165) is 11.1 Å². The molecule has 3 aromatic rings. The number of nitriles is 1. The van der Waals surface area contributed by atoms with Gasteiger partial charge in [0, 0.05) is 18.7 Å². The summed E-state index contributed by atoms with van der Waals surface area (Å²) in [6.07, 6.45) is -0.439. The van der Waals surface area contributed by atoms with Gasteiger partial charge in [0.1, 0.15) is 25.0 Å². The zero-order valence-electron chi connectivity index (χ0n) is 20.9. The van der Waals surface area contributed by atoms with Gasteiger partial charge >= 0.3 is 6.09 Å². The van der Waals surface area contributed by atoms with Gasteiger partial charge in [-0.25, -0.2) is 9.69 Å². The summed E-state index contributed by atoms with van der Waals surface area (Å²) >= 11 is 0. The number of nitrogens with zero attached hydrogens (tertiary/aromatic N) is 2. The molecule has 0 saturated heterocycles. The summed E-state index contributed by atoms with van der Waals surface area (Å²) in [6, 6.07) is 23.5. The molecule has 9 heteroatoms. The van der Waals surface area contributed by atoms with E-state index in [1.54, 1.807) is 31.2 Å². The number of ether oxygens (including phenoxy) is 3. The lowest BCUT2D eigenvalue weighted by molar-refractivity contribution is 0.0763. The standard InChI is InChI=1S/C28H30N4O5/c1-3-35-28(34)31-18-23-8-14-26(15-9-23)37-20-32(2)19-36-25-12-6-22(7-13-25)17-30-27(33)24-10-4-21(16-29)5-11-24/h4-15H,3,17-20H2,1-2H3,(H,30,33)(H,31,34). The van der Waals surface area contributed by atoms with Crippen molar-refractivity contribution in [2.75, 3.05) is 27.1 Å². The quantitative estimate of drug-likeness (QED) is 0.360. The Bertz CT molecular complexity index is 1190. The molecule has 0 fully saturated rings. The number of rotatable bonds is 12. The Kier molecular flexibility index (Phi) is 10.3. The second-order valence-corrected chi connectivity index (χ2v) is 8.14. The summed E-state index contributed by atoms with van der Waals surface area (Å²) in [6.45, 7) is 3.52. The summed E-state index contributed by atoms with van der Waals surface area (Å²) in [7, 11) is 1.88. The number of carbonyl (C=O) groups is 2. The lowest BCUT2D eigenvalue weighted by atomic mass is 10.1. The molecule has 0 aliphatic carbocycles. The molecule has 9 nitrogen and oxygen atoms in total. The lowest BCUT2D eigenvalue weighted by Gasteiger charge is -2.18. The van der Waals surface area contributed by atoms with Crippen LogP contribution >= 0.6 is 0 Å². The third-order valence-electron chi connectivity index (χ3n) is 5.19. The van der Waals surface area contributed by atoms with E-state index in [4.69, 9.17) is 19.5 Å². The van der Waals surface area contributed by atoms with E-state index < -0.39 is 6.09 Å². The molecule has 0 spiro atoms. The van der Waals surface area contributed by atoms with Gasteiger partial charge in [-0.1, -0.05) is 24.3 Å². The normalized spacial score (nSPS) is 10.3. The number of hydrogen-bond donors (Lipinski definition) is 2. The molecule has 3 rings (SSSR count). The molecule has 0 saturated carbocycles. The van der Waals surface area contributed by atoms with Gasteiger partial charge in [-0.15, -0.1) is 0 Å². The molecular weight excluding hydrogens is 472 g/mol. The molecule has 37 heavy (non-hydrogen) atoms. The zero-order chi connectivity index (χ0) is 26.5. The summed E-state index contributed by atoms with van der Waals surface area (Å²) in [5.74, 6) is 1.21. The van der Waals surface area contributed by atoms with E-state index in [0.29, 0.717) is 55.8 Å². The van der Waals surface area contributed by atoms with Crippen LogP contribution in [0.2, 0.25) is 0 Å². The molecule has 0 heterocycles. The van der Waals surface area contributed by atoms with Crippen molar-refractivity contribution in [3.8, 4) is 17.6 Å². The largest absolute Gasteiger partial charge is 0.478 e. The van der Waals surface area contributed by atoms with Crippen LogP contribution in [0, 0.1) is 11.3 Å². The average Bonchev–Trinajstić information content (AvgIpc) is 2.94. The second-order valence-electron chi connectivity index (χ2n) is 8.14. The smallest absolute Gasteiger partial charge is 0.407 e. The van der Waals surface area contributed by atoms with Crippen LogP contribution < -0.4 is 20.1 Å². The first-order valence-corrected chi connectivity index (χ1v) is 11.8. The molecule has 0 aromatic heterocycles. The number of hydrogen-bond acceptors (Lipinski definition) is 7. The molecule has 0 radical (unpaired) electrons. The highest BCUT2D eigenvalue weighted by Gasteiger charge is 2.06. The Morgan fingerprint density at radius 1 is 0.811 bits per heavy atom. The van der Waals surface area contributed by atoms with Gasteiger partial charge < -0.3 is 24.8 Å². The molecular formula is C28H30N4O5. The predicted octanol–water partition coefficient (Wildman–Crippen LogP) is 4.04. The van der Waals surface area contributed by atoms with E-state index >= 15 is 0 Å². The Morgan fingerprint density at radius 2 is 1.32 bits per heavy atom. The molecule has 0 bridgehead atoms. The van der Waals surface area contributed by atoms with E-state index in [9.17, 15) is 9.59 Å². The Labute approximate surface area is 216 Å². The Balaban J connectivity index is 1.35. The lowest BCUT2D eigenvalue weighted by Crippen LogP contribution is -2.28. The van der Waals surface area contributed by atoms with Crippen molar-refractivity contribution >= 4 is 12.0 Å². The van der Waals surface area contributed by atoms with Crippen LogP contribution in [0.5, 0.6) is 11.5 Å². The van der Waals surface area contributed by atoms with Crippen molar-refractivity contribution < 1.29 is 23.8 Å². The molecule has 192 valence electrons. The first-order chi connectivity index (χ1) is 18.0. The molecule has 2 amide bonds. The van der Waals surface area contributed by atoms with Gasteiger partial charge in [0.2, 0.25) is 0 Å². The fraction of sp³-hybridized carbons (Fsp3) is 0.250. The van der Waals surface area contributed by atoms with Gasteiger partial charge in [-0.2, -0.15) is 5.26 Å². The first-order valence-electron chi connectivity index (χ1n) is 11.8. The van der Waals surface area contributed by atoms with Gasteiger partial charge in [0.25, 0.3) is 5.91 Å². The minimum Gasteiger partial charge on any atom is -0.478 e. The van der Waals surface area contributed by atoms with Crippen molar-refractivity contribution in [3.05, 3.63) is 95.1 Å². The van der Waals surface area contributed by atoms with E-state index in [2.05, 4.69) is 10.6 Å². The summed E-state index contributed by atoms with van der Waals surface area (Å²) in [4.78, 5) is 25.5. The highest BCUT2D eigenvalue weighted by molar-refractivity contribution is 5.94. The fourth-order valence-corrected chi connectivity index (χ4v) is 3.15. The Hall–Kier alpha value is -4.55. The second kappa shape index (κ2) is 14.1. The maximum absolute atomic E-state index is 12.3. The highest BCUT2D eigenvalue weighted by Crippen LogP contribution is 2.14. The topological polar surface area (TPSA) is 113 Å². The average molecular weight is 503 g/mol. The molecule has 0 aliphatic rings. The minimum atomic E-state index is -0.439. The maximum atomic E-state index is 12.3. The van der Waals surface area contributed by atoms with Gasteiger partial charge in [-0.05, 0) is 73.6 Å². The molecule has 0 unspecified atom stereocenters. The third-order valence-corrected chi connectivity index (χ3v) is 5.19. The van der Waals surface area contributed by atoms with Gasteiger partial charge in [0.15, 0.2) is 0 Å². The van der Waals surface area contributed by atoms with E-state index in [1.807, 2.05) is 66.5 Å². The van der Waals surface area contributed by atoms with Gasteiger partial charge in [-0.3, -0.25) is 4.79 Å². The van der Waals surface area contributed by atoms with Gasteiger partial charge in [0.05, 0.1) is 18.2 Å². The van der Waals surface area contributed by atoms with Crippen LogP contribution in [0.3, 0.4) is 0 Å². The summed E-state index contributed by atoms with van der Waals surface area (Å²) in [5, 5.41) is 14.4. The summed E-state index contributed by atoms with van der Waals surface area (Å²) in [5.41, 5.74) is 2.90. The monoisotopic (exact) mass is 502 g/mol. The third kappa shape index (κ3) is 9.20. The SMILES string of the molecule is CCOC(=O)NCc1ccc(OCN(C)COc2ccc(CNC(=O)c3ccc(C#N)cc3)cc2)cc1. The first kappa shape index (κ1) is 27.0. The number of carbonyl (C=O) groups excluding carboxylic acids is 2. The van der Waals surface area contributed by atoms with Crippen LogP contribution in [-0.2, 0) is 17.8 Å². The van der Waals surface area contributed by atoms with Crippen molar-refractivity contribution in [1.82, 2.24) is 15.5 Å². The van der Waals surface area contributed by atoms with Crippen molar-refractivity contribution in [2.24, 2.45) is 0 Å².